The van der Waals surface area contributed by atoms with Gasteiger partial charge in [0.15, 0.2) is 0 Å². The lowest BCUT2D eigenvalue weighted by molar-refractivity contribution is 0.626. The summed E-state index contributed by atoms with van der Waals surface area (Å²) in [6.07, 6.45) is 3.47. The molecule has 0 amide bonds. The fourth-order valence-electron chi connectivity index (χ4n) is 1.89. The van der Waals surface area contributed by atoms with Crippen molar-refractivity contribution >= 4 is 31.9 Å². The number of hydrogen-bond donors (Lipinski definition) is 1. The molecule has 6 nitrogen and oxygen atoms in total. The maximum Gasteiger partial charge on any atom is 0.219 e. The van der Waals surface area contributed by atoms with Gasteiger partial charge in [0, 0.05) is 6.42 Å². The predicted molar refractivity (Wildman–Crippen MR) is 72.6 cm³/mol. The molecule has 2 N–H and O–H groups in total. The van der Waals surface area contributed by atoms with Crippen LogP contribution in [0.4, 0.5) is 0 Å². The molecule has 0 aliphatic heterocycles. The first-order valence-corrected chi connectivity index (χ1v) is 6.67. The molecule has 1 aromatic heterocycles. The van der Waals surface area contributed by atoms with Crippen molar-refractivity contribution in [1.29, 1.82) is 0 Å². The van der Waals surface area contributed by atoms with Gasteiger partial charge >= 0.3 is 0 Å². The lowest BCUT2D eigenvalue weighted by Crippen LogP contribution is -2.18. The number of aromatic nitrogens is 3. The first-order valence-electron chi connectivity index (χ1n) is 5.59. The van der Waals surface area contributed by atoms with Crippen LogP contribution in [0.2, 0.25) is 0 Å². The zero-order chi connectivity index (χ0) is 13.4. The van der Waals surface area contributed by atoms with Gasteiger partial charge in [0.2, 0.25) is 10.3 Å². The molecule has 7 heteroatoms. The molecule has 3 rings (SSSR count). The number of benzene rings is 1. The Balaban J connectivity index is 2.10. The van der Waals surface area contributed by atoms with E-state index in [-0.39, 0.29) is 17.0 Å². The average molecular weight is 274 g/mol. The van der Waals surface area contributed by atoms with Gasteiger partial charge in [-0.2, -0.15) is 13.2 Å². The Morgan fingerprint density at radius 1 is 1.11 bits per heavy atom. The first-order chi connectivity index (χ1) is 9.15. The molecule has 96 valence electrons. The summed E-state index contributed by atoms with van der Waals surface area (Å²) in [5.74, 6) is 0. The predicted octanol–water partition coefficient (Wildman–Crippen LogP) is 0.570. The zero-order valence-corrected chi connectivity index (χ0v) is 10.6. The highest BCUT2D eigenvalue weighted by molar-refractivity contribution is 7.73. The molecule has 1 aromatic carbocycles. The summed E-state index contributed by atoms with van der Waals surface area (Å²) in [4.78, 5) is 1.61. The van der Waals surface area contributed by atoms with E-state index in [0.717, 1.165) is 11.0 Å². The second-order valence-corrected chi connectivity index (χ2v) is 5.06. The minimum atomic E-state index is -2.33. The highest BCUT2D eigenvalue weighted by Crippen LogP contribution is 2.18. The van der Waals surface area contributed by atoms with Crippen LogP contribution < -0.4 is 5.73 Å². The Labute approximate surface area is 110 Å². The summed E-state index contributed by atoms with van der Waals surface area (Å²) >= 11 is 0. The summed E-state index contributed by atoms with van der Waals surface area (Å²) in [6, 6.07) is 7.45. The smallest absolute Gasteiger partial charge is 0.219 e. The van der Waals surface area contributed by atoms with E-state index < -0.39 is 10.3 Å². The van der Waals surface area contributed by atoms with Gasteiger partial charge < -0.3 is 5.73 Å². The molecule has 19 heavy (non-hydrogen) atoms. The van der Waals surface area contributed by atoms with E-state index in [0.29, 0.717) is 5.70 Å². The summed E-state index contributed by atoms with van der Waals surface area (Å²) in [5, 5.41) is 8.62. The van der Waals surface area contributed by atoms with Gasteiger partial charge in [-0.25, -0.2) is 0 Å². The van der Waals surface area contributed by atoms with Crippen LogP contribution in [0.5, 0.6) is 0 Å². The second kappa shape index (κ2) is 4.36. The van der Waals surface area contributed by atoms with Gasteiger partial charge in [0.25, 0.3) is 0 Å². The van der Waals surface area contributed by atoms with E-state index in [1.807, 2.05) is 24.3 Å². The van der Waals surface area contributed by atoms with Crippen LogP contribution in [-0.4, -0.2) is 28.3 Å². The summed E-state index contributed by atoms with van der Waals surface area (Å²) in [5.41, 5.74) is 8.08. The standard InChI is InChI=1S/C12H10N4O2S/c13-9-6-5-8(7-12(9)19(17)18)16-14-10-3-1-2-4-11(10)15-16/h1-6H,7,13H2. The Morgan fingerprint density at radius 3 is 2.32 bits per heavy atom. The molecular weight excluding hydrogens is 264 g/mol. The Kier molecular flexibility index (Phi) is 2.68. The van der Waals surface area contributed by atoms with Gasteiger partial charge in [0.1, 0.15) is 15.9 Å². The Morgan fingerprint density at radius 2 is 1.74 bits per heavy atom. The largest absolute Gasteiger partial charge is 0.398 e. The quantitative estimate of drug-likeness (QED) is 0.768. The van der Waals surface area contributed by atoms with Crippen LogP contribution in [-0.2, 0) is 10.3 Å². The normalized spacial score (nSPS) is 15.3. The first kappa shape index (κ1) is 11.7. The van der Waals surface area contributed by atoms with Crippen molar-refractivity contribution in [3.63, 3.8) is 0 Å². The third-order valence-electron chi connectivity index (χ3n) is 2.86. The lowest BCUT2D eigenvalue weighted by Gasteiger charge is -2.10. The van der Waals surface area contributed by atoms with Crippen LogP contribution in [0.3, 0.4) is 0 Å². The average Bonchev–Trinajstić information content (AvgIpc) is 2.82. The lowest BCUT2D eigenvalue weighted by atomic mass is 10.1. The van der Waals surface area contributed by atoms with E-state index in [2.05, 4.69) is 10.2 Å². The Hall–Kier alpha value is -2.41. The van der Waals surface area contributed by atoms with E-state index in [4.69, 9.17) is 5.73 Å². The zero-order valence-electron chi connectivity index (χ0n) is 9.81. The molecule has 1 aliphatic carbocycles. The Bertz CT molecular complexity index is 818. The maximum atomic E-state index is 11.1. The van der Waals surface area contributed by atoms with Crippen molar-refractivity contribution in [3.05, 3.63) is 42.1 Å². The van der Waals surface area contributed by atoms with E-state index in [9.17, 15) is 8.42 Å². The molecule has 0 bridgehead atoms. The van der Waals surface area contributed by atoms with Crippen molar-refractivity contribution in [3.8, 4) is 0 Å². The molecule has 1 aliphatic rings. The van der Waals surface area contributed by atoms with Gasteiger partial charge in [-0.3, -0.25) is 0 Å². The number of fused-ring (bicyclic) bond motifs is 1. The molecule has 0 atom stereocenters. The monoisotopic (exact) mass is 274 g/mol. The minimum absolute atomic E-state index is 0.166. The van der Waals surface area contributed by atoms with Crippen LogP contribution in [0.25, 0.3) is 16.7 Å². The highest BCUT2D eigenvalue weighted by atomic mass is 32.2. The molecule has 0 radical (unpaired) electrons. The van der Waals surface area contributed by atoms with Crippen molar-refractivity contribution in [2.75, 3.05) is 0 Å². The maximum absolute atomic E-state index is 11.1. The van der Waals surface area contributed by atoms with Gasteiger partial charge in [-0.05, 0) is 24.3 Å². The number of nitrogens with zero attached hydrogens (tertiary/aromatic N) is 3. The molecule has 0 unspecified atom stereocenters. The van der Waals surface area contributed by atoms with Crippen LogP contribution >= 0.6 is 0 Å². The van der Waals surface area contributed by atoms with Gasteiger partial charge in [-0.15, -0.1) is 10.2 Å². The van der Waals surface area contributed by atoms with Gasteiger partial charge in [0.05, 0.1) is 11.4 Å². The van der Waals surface area contributed by atoms with E-state index in [1.165, 1.54) is 4.80 Å². The highest BCUT2D eigenvalue weighted by Gasteiger charge is 2.16. The molecule has 0 saturated carbocycles. The number of rotatable bonds is 1. The van der Waals surface area contributed by atoms with E-state index in [1.54, 1.807) is 12.2 Å². The van der Waals surface area contributed by atoms with Crippen LogP contribution in [0.1, 0.15) is 6.42 Å². The molecular formula is C12H10N4O2S. The molecule has 1 heterocycles. The number of allylic oxidation sites excluding steroid dienone is 4. The fraction of sp³-hybridized carbons (Fsp3) is 0.0833. The van der Waals surface area contributed by atoms with Gasteiger partial charge in [-0.1, -0.05) is 12.1 Å². The minimum Gasteiger partial charge on any atom is -0.398 e. The van der Waals surface area contributed by atoms with Crippen LogP contribution in [0.15, 0.2) is 42.1 Å². The van der Waals surface area contributed by atoms with Crippen molar-refractivity contribution in [2.45, 2.75) is 6.42 Å². The topological polar surface area (TPSA) is 90.9 Å². The summed E-state index contributed by atoms with van der Waals surface area (Å²) < 4.78 is 22.2. The van der Waals surface area contributed by atoms with E-state index >= 15 is 0 Å². The molecule has 0 saturated heterocycles. The summed E-state index contributed by atoms with van der Waals surface area (Å²) in [6.45, 7) is 0. The van der Waals surface area contributed by atoms with Crippen LogP contribution in [0, 0.1) is 0 Å². The molecule has 0 fully saturated rings. The SMILES string of the molecule is NC1=CC=C(n2nc3ccccc3n2)CC1=S(=O)=O. The van der Waals surface area contributed by atoms with Crippen molar-refractivity contribution < 1.29 is 8.42 Å². The third kappa shape index (κ3) is 2.04. The van der Waals surface area contributed by atoms with Crippen molar-refractivity contribution in [1.82, 2.24) is 15.0 Å². The third-order valence-corrected chi connectivity index (χ3v) is 3.65. The fourth-order valence-corrected chi connectivity index (χ4v) is 2.41. The number of hydrogen-bond acceptors (Lipinski definition) is 5. The second-order valence-electron chi connectivity index (χ2n) is 4.09. The molecule has 0 spiro atoms. The van der Waals surface area contributed by atoms with Crippen molar-refractivity contribution in [2.24, 2.45) is 5.73 Å². The molecule has 2 aromatic rings. The summed E-state index contributed by atoms with van der Waals surface area (Å²) in [7, 11) is -2.33. The number of nitrogens with two attached hydrogens (primary N) is 1.